The third-order valence-electron chi connectivity index (χ3n) is 2.87. The molecule has 0 amide bonds. The van der Waals surface area contributed by atoms with Gasteiger partial charge in [0.05, 0.1) is 11.9 Å². The lowest BCUT2D eigenvalue weighted by atomic mass is 10.1. The summed E-state index contributed by atoms with van der Waals surface area (Å²) in [5, 5.41) is 24.5. The molecule has 2 heterocycles. The molecule has 0 radical (unpaired) electrons. The smallest absolute Gasteiger partial charge is 0.200 e. The number of phenolic OH excluding ortho intramolecular Hbond substituents is 1. The molecule has 0 atom stereocenters. The lowest BCUT2D eigenvalue weighted by molar-refractivity contribution is 0.475. The summed E-state index contributed by atoms with van der Waals surface area (Å²) in [7, 11) is 0. The van der Waals surface area contributed by atoms with Gasteiger partial charge in [-0.2, -0.15) is 9.61 Å². The van der Waals surface area contributed by atoms with Gasteiger partial charge in [0.25, 0.3) is 0 Å². The van der Waals surface area contributed by atoms with Crippen molar-refractivity contribution in [3.8, 4) is 5.75 Å². The molecule has 0 aliphatic heterocycles. The van der Waals surface area contributed by atoms with Crippen LogP contribution in [0.1, 0.15) is 5.56 Å². The molecular weight excluding hydrogens is 242 g/mol. The third-order valence-corrected chi connectivity index (χ3v) is 2.87. The van der Waals surface area contributed by atoms with E-state index in [0.29, 0.717) is 5.65 Å². The first-order chi connectivity index (χ1) is 9.33. The Morgan fingerprint density at radius 1 is 1.16 bits per heavy atom. The summed E-state index contributed by atoms with van der Waals surface area (Å²) in [5.74, 6) is 0.288. The zero-order chi connectivity index (χ0) is 13.1. The first-order valence-corrected chi connectivity index (χ1v) is 6.00. The second-order valence-electron chi connectivity index (χ2n) is 4.19. The molecule has 0 spiro atoms. The molecule has 0 aliphatic rings. The highest BCUT2D eigenvalue weighted by molar-refractivity contribution is 5.65. The second-order valence-corrected chi connectivity index (χ2v) is 4.19. The molecule has 3 rings (SSSR count). The van der Waals surface area contributed by atoms with Crippen LogP contribution in [0.2, 0.25) is 0 Å². The molecule has 3 aromatic rings. The van der Waals surface area contributed by atoms with Gasteiger partial charge in [-0.25, -0.2) is 0 Å². The van der Waals surface area contributed by atoms with Crippen molar-refractivity contribution < 1.29 is 5.11 Å². The fraction of sp³-hybridized carbons (Fsp3) is 0.154. The van der Waals surface area contributed by atoms with Crippen molar-refractivity contribution >= 4 is 11.3 Å². The van der Waals surface area contributed by atoms with Gasteiger partial charge in [-0.3, -0.25) is 0 Å². The summed E-state index contributed by atoms with van der Waals surface area (Å²) >= 11 is 0. The van der Waals surface area contributed by atoms with Crippen molar-refractivity contribution in [3.05, 3.63) is 48.4 Å². The zero-order valence-corrected chi connectivity index (χ0v) is 10.2. The second kappa shape index (κ2) is 4.93. The Bertz CT molecular complexity index is 677. The minimum Gasteiger partial charge on any atom is -0.508 e. The number of aromatic hydroxyl groups is 1. The van der Waals surface area contributed by atoms with Crippen LogP contribution in [0.3, 0.4) is 0 Å². The fourth-order valence-electron chi connectivity index (χ4n) is 1.89. The minimum atomic E-state index is 0.288. The number of phenols is 1. The lowest BCUT2D eigenvalue weighted by Crippen LogP contribution is -2.06. The first kappa shape index (κ1) is 11.5. The number of benzene rings is 1. The summed E-state index contributed by atoms with van der Waals surface area (Å²) in [6.45, 7) is 0.775. The van der Waals surface area contributed by atoms with Crippen LogP contribution < -0.4 is 5.32 Å². The molecule has 0 saturated heterocycles. The van der Waals surface area contributed by atoms with E-state index >= 15 is 0 Å². The number of anilines is 1. The van der Waals surface area contributed by atoms with Gasteiger partial charge in [0.2, 0.25) is 5.65 Å². The van der Waals surface area contributed by atoms with Crippen molar-refractivity contribution in [2.45, 2.75) is 6.42 Å². The quantitative estimate of drug-likeness (QED) is 0.738. The number of hydrogen-bond acceptors (Lipinski definition) is 5. The predicted octanol–water partition coefficient (Wildman–Crippen LogP) is 1.48. The molecule has 0 aliphatic carbocycles. The van der Waals surface area contributed by atoms with E-state index in [2.05, 4.69) is 20.6 Å². The van der Waals surface area contributed by atoms with Crippen LogP contribution in [-0.4, -0.2) is 31.5 Å². The lowest BCUT2D eigenvalue weighted by Gasteiger charge is -2.06. The summed E-state index contributed by atoms with van der Waals surface area (Å²) in [6.07, 6.45) is 4.14. The van der Waals surface area contributed by atoms with Gasteiger partial charge in [-0.05, 0) is 30.2 Å². The van der Waals surface area contributed by atoms with Crippen LogP contribution in [-0.2, 0) is 6.42 Å². The predicted molar refractivity (Wildman–Crippen MR) is 71.1 cm³/mol. The number of rotatable bonds is 4. The van der Waals surface area contributed by atoms with E-state index < -0.39 is 0 Å². The standard InChI is InChI=1S/C13H13N5O/c19-11-3-1-10(2-4-11)5-7-14-12-6-8-16-18-9-15-17-13(12)18/h1-4,6,8-9,14,19H,5,7H2. The van der Waals surface area contributed by atoms with Gasteiger partial charge in [0.15, 0.2) is 0 Å². The number of aromatic nitrogens is 4. The maximum Gasteiger partial charge on any atom is 0.200 e. The fourth-order valence-corrected chi connectivity index (χ4v) is 1.89. The van der Waals surface area contributed by atoms with E-state index in [0.717, 1.165) is 24.2 Å². The van der Waals surface area contributed by atoms with Crippen LogP contribution in [0.15, 0.2) is 42.9 Å². The van der Waals surface area contributed by atoms with E-state index in [9.17, 15) is 5.11 Å². The van der Waals surface area contributed by atoms with Gasteiger partial charge in [0, 0.05) is 6.54 Å². The van der Waals surface area contributed by atoms with Gasteiger partial charge < -0.3 is 10.4 Å². The maximum atomic E-state index is 9.21. The van der Waals surface area contributed by atoms with Crippen molar-refractivity contribution in [3.63, 3.8) is 0 Å². The Morgan fingerprint density at radius 2 is 2.00 bits per heavy atom. The number of fused-ring (bicyclic) bond motifs is 1. The molecule has 0 bridgehead atoms. The largest absolute Gasteiger partial charge is 0.508 e. The highest BCUT2D eigenvalue weighted by atomic mass is 16.3. The molecule has 0 fully saturated rings. The molecule has 2 N–H and O–H groups in total. The summed E-state index contributed by atoms with van der Waals surface area (Å²) in [4.78, 5) is 0. The highest BCUT2D eigenvalue weighted by Gasteiger charge is 2.03. The number of nitrogens with one attached hydrogen (secondary N) is 1. The van der Waals surface area contributed by atoms with E-state index in [1.54, 1.807) is 29.2 Å². The Kier molecular flexibility index (Phi) is 2.97. The summed E-state index contributed by atoms with van der Waals surface area (Å²) in [5.41, 5.74) is 2.79. The van der Waals surface area contributed by atoms with E-state index in [4.69, 9.17) is 0 Å². The third kappa shape index (κ3) is 2.47. The van der Waals surface area contributed by atoms with E-state index in [1.165, 1.54) is 0 Å². The van der Waals surface area contributed by atoms with Crippen LogP contribution in [0.25, 0.3) is 5.65 Å². The topological polar surface area (TPSA) is 75.3 Å². The molecule has 0 saturated carbocycles. The molecule has 1 aromatic carbocycles. The molecule has 6 heteroatoms. The number of hydrogen-bond donors (Lipinski definition) is 2. The summed E-state index contributed by atoms with van der Waals surface area (Å²) < 4.78 is 1.63. The average molecular weight is 255 g/mol. The van der Waals surface area contributed by atoms with Crippen LogP contribution in [0.5, 0.6) is 5.75 Å². The van der Waals surface area contributed by atoms with E-state index in [1.807, 2.05) is 18.2 Å². The summed E-state index contributed by atoms with van der Waals surface area (Å²) in [6, 6.07) is 9.09. The Labute approximate surface area is 109 Å². The SMILES string of the molecule is Oc1ccc(CCNc2ccnn3cnnc23)cc1. The molecule has 96 valence electrons. The van der Waals surface area contributed by atoms with Gasteiger partial charge in [0.1, 0.15) is 12.1 Å². The normalized spacial score (nSPS) is 10.7. The maximum absolute atomic E-state index is 9.21. The van der Waals surface area contributed by atoms with Crippen LogP contribution in [0, 0.1) is 0 Å². The minimum absolute atomic E-state index is 0.288. The zero-order valence-electron chi connectivity index (χ0n) is 10.2. The molecule has 2 aromatic heterocycles. The Hall–Kier alpha value is -2.63. The molecular formula is C13H13N5O. The van der Waals surface area contributed by atoms with Crippen molar-refractivity contribution in [2.24, 2.45) is 0 Å². The van der Waals surface area contributed by atoms with Crippen molar-refractivity contribution in [2.75, 3.05) is 11.9 Å². The Morgan fingerprint density at radius 3 is 2.84 bits per heavy atom. The van der Waals surface area contributed by atoms with Gasteiger partial charge in [-0.1, -0.05) is 12.1 Å². The first-order valence-electron chi connectivity index (χ1n) is 6.00. The molecule has 0 unspecified atom stereocenters. The Balaban J connectivity index is 1.66. The van der Waals surface area contributed by atoms with Crippen molar-refractivity contribution in [1.82, 2.24) is 19.8 Å². The molecule has 19 heavy (non-hydrogen) atoms. The van der Waals surface area contributed by atoms with E-state index in [-0.39, 0.29) is 5.75 Å². The monoisotopic (exact) mass is 255 g/mol. The van der Waals surface area contributed by atoms with Gasteiger partial charge >= 0.3 is 0 Å². The number of nitrogens with zero attached hydrogens (tertiary/aromatic N) is 4. The highest BCUT2D eigenvalue weighted by Crippen LogP contribution is 2.13. The van der Waals surface area contributed by atoms with Crippen molar-refractivity contribution in [1.29, 1.82) is 0 Å². The van der Waals surface area contributed by atoms with Gasteiger partial charge in [-0.15, -0.1) is 10.2 Å². The van der Waals surface area contributed by atoms with Crippen LogP contribution >= 0.6 is 0 Å². The average Bonchev–Trinajstić information content (AvgIpc) is 2.90. The molecule has 6 nitrogen and oxygen atoms in total. The van der Waals surface area contributed by atoms with Crippen LogP contribution in [0.4, 0.5) is 5.69 Å².